The average Bonchev–Trinajstić information content (AvgIpc) is 2.33. The highest BCUT2D eigenvalue weighted by Crippen LogP contribution is 2.29. The number of carboxylic acids is 1. The van der Waals surface area contributed by atoms with Gasteiger partial charge in [-0.05, 0) is 37.6 Å². The maximum absolute atomic E-state index is 11.5. The van der Waals surface area contributed by atoms with Gasteiger partial charge in [0.1, 0.15) is 6.04 Å². The van der Waals surface area contributed by atoms with Crippen LogP contribution in [0.1, 0.15) is 30.9 Å². The van der Waals surface area contributed by atoms with Crippen molar-refractivity contribution in [3.05, 3.63) is 34.9 Å². The van der Waals surface area contributed by atoms with Crippen LogP contribution >= 0.6 is 11.6 Å². The highest BCUT2D eigenvalue weighted by molar-refractivity contribution is 6.31. The number of hydrogen-bond acceptors (Lipinski definition) is 2. The molecule has 0 radical (unpaired) electrons. The zero-order chi connectivity index (χ0) is 12.3. The molecule has 0 saturated carbocycles. The van der Waals surface area contributed by atoms with E-state index in [1.807, 2.05) is 17.0 Å². The fourth-order valence-corrected chi connectivity index (χ4v) is 2.60. The predicted molar refractivity (Wildman–Crippen MR) is 67.3 cm³/mol. The Bertz CT molecular complexity index is 402. The fraction of sp³-hybridized carbons (Fsp3) is 0.462. The summed E-state index contributed by atoms with van der Waals surface area (Å²) in [6, 6.07) is 6.60. The van der Waals surface area contributed by atoms with E-state index in [0.29, 0.717) is 10.6 Å². The van der Waals surface area contributed by atoms with E-state index < -0.39 is 12.0 Å². The van der Waals surface area contributed by atoms with E-state index >= 15 is 0 Å². The van der Waals surface area contributed by atoms with Gasteiger partial charge < -0.3 is 5.11 Å². The first kappa shape index (κ1) is 12.4. The number of aliphatic carboxylic acids is 1. The molecule has 0 bridgehead atoms. The second-order valence-electron chi connectivity index (χ2n) is 4.36. The molecule has 3 nitrogen and oxygen atoms in total. The van der Waals surface area contributed by atoms with Crippen molar-refractivity contribution in [1.82, 2.24) is 4.90 Å². The van der Waals surface area contributed by atoms with Crippen LogP contribution in [0, 0.1) is 0 Å². The molecule has 0 aromatic heterocycles. The van der Waals surface area contributed by atoms with Crippen LogP contribution in [0.5, 0.6) is 0 Å². The van der Waals surface area contributed by atoms with E-state index in [0.717, 1.165) is 25.9 Å². The van der Waals surface area contributed by atoms with E-state index in [2.05, 4.69) is 0 Å². The SMILES string of the molecule is O=C(O)C(c1ccccc1Cl)N1CCCCC1. The molecule has 92 valence electrons. The number of piperidine rings is 1. The van der Waals surface area contributed by atoms with Crippen LogP contribution in [0.15, 0.2) is 24.3 Å². The van der Waals surface area contributed by atoms with Gasteiger partial charge in [-0.25, -0.2) is 0 Å². The number of halogens is 1. The number of nitrogens with zero attached hydrogens (tertiary/aromatic N) is 1. The molecule has 4 heteroatoms. The Kier molecular flexibility index (Phi) is 4.02. The Morgan fingerprint density at radius 2 is 1.88 bits per heavy atom. The maximum Gasteiger partial charge on any atom is 0.325 e. The largest absolute Gasteiger partial charge is 0.480 e. The van der Waals surface area contributed by atoms with Crippen LogP contribution < -0.4 is 0 Å². The van der Waals surface area contributed by atoms with Crippen molar-refractivity contribution >= 4 is 17.6 Å². The number of benzene rings is 1. The average molecular weight is 254 g/mol. The molecule has 1 aromatic carbocycles. The van der Waals surface area contributed by atoms with E-state index in [1.54, 1.807) is 12.1 Å². The molecule has 1 aromatic rings. The van der Waals surface area contributed by atoms with Gasteiger partial charge in [-0.1, -0.05) is 36.2 Å². The lowest BCUT2D eigenvalue weighted by molar-refractivity contribution is -0.144. The molecule has 1 fully saturated rings. The lowest BCUT2D eigenvalue weighted by atomic mass is 10.0. The first-order chi connectivity index (χ1) is 8.20. The Morgan fingerprint density at radius 1 is 1.24 bits per heavy atom. The van der Waals surface area contributed by atoms with Gasteiger partial charge in [-0.15, -0.1) is 0 Å². The Morgan fingerprint density at radius 3 is 2.47 bits per heavy atom. The van der Waals surface area contributed by atoms with Crippen molar-refractivity contribution in [3.8, 4) is 0 Å². The van der Waals surface area contributed by atoms with Gasteiger partial charge in [-0.3, -0.25) is 9.69 Å². The summed E-state index contributed by atoms with van der Waals surface area (Å²) in [6.45, 7) is 1.67. The van der Waals surface area contributed by atoms with E-state index in [-0.39, 0.29) is 0 Å². The van der Waals surface area contributed by atoms with Gasteiger partial charge in [0.15, 0.2) is 0 Å². The summed E-state index contributed by atoms with van der Waals surface area (Å²) in [6.07, 6.45) is 3.31. The minimum atomic E-state index is -0.819. The molecule has 1 saturated heterocycles. The van der Waals surface area contributed by atoms with E-state index in [1.165, 1.54) is 6.42 Å². The van der Waals surface area contributed by atoms with Gasteiger partial charge in [0, 0.05) is 5.02 Å². The van der Waals surface area contributed by atoms with Crippen LogP contribution in [0.3, 0.4) is 0 Å². The molecule has 0 aliphatic carbocycles. The van der Waals surface area contributed by atoms with Crippen LogP contribution in [0.25, 0.3) is 0 Å². The van der Waals surface area contributed by atoms with Crippen molar-refractivity contribution in [1.29, 1.82) is 0 Å². The van der Waals surface area contributed by atoms with Gasteiger partial charge in [-0.2, -0.15) is 0 Å². The summed E-state index contributed by atoms with van der Waals surface area (Å²) in [4.78, 5) is 13.5. The van der Waals surface area contributed by atoms with Crippen molar-refractivity contribution in [2.45, 2.75) is 25.3 Å². The van der Waals surface area contributed by atoms with E-state index in [9.17, 15) is 9.90 Å². The van der Waals surface area contributed by atoms with Gasteiger partial charge in [0.25, 0.3) is 0 Å². The number of rotatable bonds is 3. The smallest absolute Gasteiger partial charge is 0.325 e. The Labute approximate surface area is 106 Å². The standard InChI is InChI=1S/C13H16ClNO2/c14-11-7-3-2-6-10(11)12(13(16)17)15-8-4-1-5-9-15/h2-3,6-7,12H,1,4-5,8-9H2,(H,16,17). The molecule has 1 aliphatic heterocycles. The lowest BCUT2D eigenvalue weighted by Gasteiger charge is -2.32. The zero-order valence-corrected chi connectivity index (χ0v) is 10.4. The van der Waals surface area contributed by atoms with Gasteiger partial charge >= 0.3 is 5.97 Å². The topological polar surface area (TPSA) is 40.5 Å². The zero-order valence-electron chi connectivity index (χ0n) is 9.60. The van der Waals surface area contributed by atoms with Gasteiger partial charge in [0.05, 0.1) is 0 Å². The first-order valence-electron chi connectivity index (χ1n) is 5.91. The summed E-state index contributed by atoms with van der Waals surface area (Å²) in [7, 11) is 0. The molecule has 17 heavy (non-hydrogen) atoms. The first-order valence-corrected chi connectivity index (χ1v) is 6.29. The quantitative estimate of drug-likeness (QED) is 0.900. The normalized spacial score (nSPS) is 18.9. The summed E-state index contributed by atoms with van der Waals surface area (Å²) in [5.41, 5.74) is 0.698. The number of hydrogen-bond donors (Lipinski definition) is 1. The highest BCUT2D eigenvalue weighted by atomic mass is 35.5. The van der Waals surface area contributed by atoms with E-state index in [4.69, 9.17) is 11.6 Å². The summed E-state index contributed by atoms with van der Waals surface area (Å²) in [5, 5.41) is 9.94. The van der Waals surface area contributed by atoms with Crippen LogP contribution in [0.4, 0.5) is 0 Å². The Hall–Kier alpha value is -1.06. The minimum absolute atomic E-state index is 0.533. The van der Waals surface area contributed by atoms with Crippen LogP contribution in [0.2, 0.25) is 5.02 Å². The Balaban J connectivity index is 2.28. The molecule has 1 atom stereocenters. The number of likely N-dealkylation sites (tertiary alicyclic amines) is 1. The van der Waals surface area contributed by atoms with Crippen molar-refractivity contribution < 1.29 is 9.90 Å². The maximum atomic E-state index is 11.5. The van der Waals surface area contributed by atoms with Crippen molar-refractivity contribution in [2.24, 2.45) is 0 Å². The molecule has 1 aliphatic rings. The molecule has 1 unspecified atom stereocenters. The third-order valence-corrected chi connectivity index (χ3v) is 3.53. The van der Waals surface area contributed by atoms with Crippen molar-refractivity contribution in [2.75, 3.05) is 13.1 Å². The fourth-order valence-electron chi connectivity index (χ4n) is 2.36. The predicted octanol–water partition coefficient (Wildman–Crippen LogP) is 2.95. The second kappa shape index (κ2) is 5.52. The highest BCUT2D eigenvalue weighted by Gasteiger charge is 2.29. The summed E-state index contributed by atoms with van der Waals surface area (Å²) < 4.78 is 0. The van der Waals surface area contributed by atoms with Gasteiger partial charge in [0.2, 0.25) is 0 Å². The molecule has 1 N–H and O–H groups in total. The third-order valence-electron chi connectivity index (χ3n) is 3.19. The molecule has 1 heterocycles. The number of carbonyl (C=O) groups is 1. The monoisotopic (exact) mass is 253 g/mol. The molecular weight excluding hydrogens is 238 g/mol. The van der Waals surface area contributed by atoms with Crippen LogP contribution in [-0.4, -0.2) is 29.1 Å². The molecule has 0 amide bonds. The summed E-state index contributed by atoms with van der Waals surface area (Å²) >= 11 is 6.09. The summed E-state index contributed by atoms with van der Waals surface area (Å²) in [5.74, 6) is -0.819. The lowest BCUT2D eigenvalue weighted by Crippen LogP contribution is -2.38. The number of carboxylic acid groups (broad SMARTS) is 1. The van der Waals surface area contributed by atoms with Crippen molar-refractivity contribution in [3.63, 3.8) is 0 Å². The molecular formula is C13H16ClNO2. The van der Waals surface area contributed by atoms with Crippen LogP contribution in [-0.2, 0) is 4.79 Å². The molecule has 2 rings (SSSR count). The molecule has 0 spiro atoms. The third kappa shape index (κ3) is 2.79. The second-order valence-corrected chi connectivity index (χ2v) is 4.77. The minimum Gasteiger partial charge on any atom is -0.480 e.